The predicted octanol–water partition coefficient (Wildman–Crippen LogP) is -0.319. The van der Waals surface area contributed by atoms with Gasteiger partial charge in [-0.1, -0.05) is 0 Å². The van der Waals surface area contributed by atoms with Crippen molar-refractivity contribution < 1.29 is 42.8 Å². The van der Waals surface area contributed by atoms with Gasteiger partial charge in [-0.05, 0) is 6.32 Å². The maximum absolute atomic E-state index is 8.07. The van der Waals surface area contributed by atoms with Gasteiger partial charge >= 0.3 is 7.12 Å². The molecule has 39 valence electrons. The maximum atomic E-state index is 8.07. The molecule has 0 fully saturated rings. The molecule has 0 aromatic carbocycles. The van der Waals surface area contributed by atoms with Crippen molar-refractivity contribution in [3.05, 3.63) is 6.92 Å². The first-order chi connectivity index (χ1) is 2.77. The van der Waals surface area contributed by atoms with Gasteiger partial charge in [-0.3, -0.25) is 0 Å². The van der Waals surface area contributed by atoms with E-state index in [1.165, 1.54) is 0 Å². The van der Waals surface area contributed by atoms with Gasteiger partial charge in [0, 0.05) is 32.7 Å². The first-order valence-corrected chi connectivity index (χ1v) is 1.92. The van der Waals surface area contributed by atoms with E-state index in [1.54, 1.807) is 0 Å². The molecule has 0 spiro atoms. The molecule has 0 atom stereocenters. The van der Waals surface area contributed by atoms with Crippen LogP contribution < -0.4 is 0 Å². The largest absolute Gasteiger partial charge is 0.448 e. The van der Waals surface area contributed by atoms with Crippen LogP contribution in [-0.4, -0.2) is 17.2 Å². The van der Waals surface area contributed by atoms with E-state index < -0.39 is 7.12 Å². The Morgan fingerprint density at radius 3 is 1.86 bits per heavy atom. The van der Waals surface area contributed by atoms with Crippen LogP contribution >= 0.6 is 0 Å². The Bertz CT molecular complexity index is 34.1. The Hall–Kier alpha value is 1.09. The van der Waals surface area contributed by atoms with Crippen LogP contribution in [0.2, 0.25) is 6.32 Å². The minimum atomic E-state index is -1.16. The van der Waals surface area contributed by atoms with Crippen molar-refractivity contribution in [2.24, 2.45) is 0 Å². The van der Waals surface area contributed by atoms with Gasteiger partial charge in [-0.15, -0.1) is 0 Å². The summed E-state index contributed by atoms with van der Waals surface area (Å²) in [5.74, 6) is 0. The average Bonchev–Trinajstić information content (AvgIpc) is 1.35. The zero-order chi connectivity index (χ0) is 4.99. The molecule has 0 aliphatic rings. The summed E-state index contributed by atoms with van der Waals surface area (Å²) in [4.78, 5) is 0. The van der Waals surface area contributed by atoms with Gasteiger partial charge < -0.3 is 17.0 Å². The van der Waals surface area contributed by atoms with Crippen LogP contribution in [0.4, 0.5) is 0 Å². The number of rotatable bonds is 2. The molecular formula is C3H8BO2Y-. The summed E-state index contributed by atoms with van der Waals surface area (Å²) in [7, 11) is -1.16. The molecule has 7 heavy (non-hydrogen) atoms. The molecule has 0 rings (SSSR count). The van der Waals surface area contributed by atoms with Crippen LogP contribution in [0.3, 0.4) is 0 Å². The van der Waals surface area contributed by atoms with Gasteiger partial charge in [0.1, 0.15) is 0 Å². The average molecular weight is 176 g/mol. The molecule has 0 saturated carbocycles. The Morgan fingerprint density at radius 2 is 1.86 bits per heavy atom. The Balaban J connectivity index is 0. The molecule has 0 aromatic heterocycles. The number of hydrogen-bond donors (Lipinski definition) is 2. The zero-order valence-corrected chi connectivity index (χ0v) is 7.01. The van der Waals surface area contributed by atoms with E-state index in [-0.39, 0.29) is 32.7 Å². The van der Waals surface area contributed by atoms with Gasteiger partial charge in [0.2, 0.25) is 0 Å². The first kappa shape index (κ1) is 11.0. The quantitative estimate of drug-likeness (QED) is 0.447. The number of hydrogen-bond acceptors (Lipinski definition) is 2. The second kappa shape index (κ2) is 7.09. The minimum absolute atomic E-state index is 0. The smallest absolute Gasteiger partial charge is 0.427 e. The van der Waals surface area contributed by atoms with Crippen LogP contribution in [0.5, 0.6) is 0 Å². The Labute approximate surface area is 69.3 Å². The molecule has 0 bridgehead atoms. The van der Waals surface area contributed by atoms with Crippen LogP contribution in [-0.2, 0) is 32.7 Å². The van der Waals surface area contributed by atoms with Gasteiger partial charge in [0.05, 0.1) is 0 Å². The predicted molar refractivity (Wildman–Crippen MR) is 25.0 cm³/mol. The second-order valence-corrected chi connectivity index (χ2v) is 1.12. The topological polar surface area (TPSA) is 40.5 Å². The van der Waals surface area contributed by atoms with E-state index in [4.69, 9.17) is 10.0 Å². The summed E-state index contributed by atoms with van der Waals surface area (Å²) >= 11 is 0. The zero-order valence-electron chi connectivity index (χ0n) is 4.17. The van der Waals surface area contributed by atoms with Gasteiger partial charge in [-0.25, -0.2) is 0 Å². The van der Waals surface area contributed by atoms with Gasteiger partial charge in [-0.2, -0.15) is 6.42 Å². The maximum Gasteiger partial charge on any atom is 0.448 e. The molecule has 2 nitrogen and oxygen atoms in total. The van der Waals surface area contributed by atoms with E-state index in [0.717, 1.165) is 0 Å². The summed E-state index contributed by atoms with van der Waals surface area (Å²) in [6, 6.07) is 0. The second-order valence-electron chi connectivity index (χ2n) is 1.12. The molecule has 0 heterocycles. The van der Waals surface area contributed by atoms with E-state index >= 15 is 0 Å². The third-order valence-corrected chi connectivity index (χ3v) is 0.462. The summed E-state index contributed by atoms with van der Waals surface area (Å²) < 4.78 is 0. The molecule has 1 radical (unpaired) electrons. The van der Waals surface area contributed by atoms with Gasteiger partial charge in [0.15, 0.2) is 0 Å². The van der Waals surface area contributed by atoms with Crippen molar-refractivity contribution in [2.45, 2.75) is 12.7 Å². The van der Waals surface area contributed by atoms with Crippen LogP contribution in [0.15, 0.2) is 0 Å². The fourth-order valence-corrected chi connectivity index (χ4v) is 0.183. The normalized spacial score (nSPS) is 7.29. The monoisotopic (exact) mass is 176 g/mol. The van der Waals surface area contributed by atoms with Crippen molar-refractivity contribution in [3.63, 3.8) is 0 Å². The van der Waals surface area contributed by atoms with Crippen molar-refractivity contribution >= 4 is 7.12 Å². The fourth-order valence-electron chi connectivity index (χ4n) is 0.183. The Kier molecular flexibility index (Phi) is 11.1. The summed E-state index contributed by atoms with van der Waals surface area (Å²) in [6.07, 6.45) is 0.956. The van der Waals surface area contributed by atoms with E-state index in [9.17, 15) is 0 Å². The standard InChI is InChI=1S/C3H8BO2.Y/c1-2-3-4(5)6;/h5-6H,1-3H2;/q-1;. The Morgan fingerprint density at radius 1 is 1.43 bits per heavy atom. The first-order valence-electron chi connectivity index (χ1n) is 1.92. The van der Waals surface area contributed by atoms with Crippen molar-refractivity contribution in [2.75, 3.05) is 0 Å². The molecule has 2 N–H and O–H groups in total. The third kappa shape index (κ3) is 11.0. The molecule has 0 unspecified atom stereocenters. The third-order valence-electron chi connectivity index (χ3n) is 0.462. The van der Waals surface area contributed by atoms with E-state index in [0.29, 0.717) is 12.7 Å². The fraction of sp³-hybridized carbons (Fsp3) is 0.667. The van der Waals surface area contributed by atoms with Crippen LogP contribution in [0.1, 0.15) is 6.42 Å². The summed E-state index contributed by atoms with van der Waals surface area (Å²) in [6.45, 7) is 3.41. The SMILES string of the molecule is [CH2-]CCB(O)O.[Y]. The van der Waals surface area contributed by atoms with E-state index in [2.05, 4.69) is 6.92 Å². The summed E-state index contributed by atoms with van der Waals surface area (Å²) in [5, 5.41) is 16.1. The van der Waals surface area contributed by atoms with Crippen LogP contribution in [0.25, 0.3) is 0 Å². The molecular weight excluding hydrogens is 168 g/mol. The molecule has 0 aliphatic carbocycles. The van der Waals surface area contributed by atoms with Crippen molar-refractivity contribution in [1.82, 2.24) is 0 Å². The van der Waals surface area contributed by atoms with Gasteiger partial charge in [0.25, 0.3) is 0 Å². The molecule has 0 amide bonds. The molecule has 0 aliphatic heterocycles. The van der Waals surface area contributed by atoms with Crippen LogP contribution in [0, 0.1) is 6.92 Å². The van der Waals surface area contributed by atoms with E-state index in [1.807, 2.05) is 0 Å². The van der Waals surface area contributed by atoms with Crippen molar-refractivity contribution in [3.8, 4) is 0 Å². The molecule has 0 aromatic rings. The molecule has 0 saturated heterocycles. The van der Waals surface area contributed by atoms with Crippen molar-refractivity contribution in [1.29, 1.82) is 0 Å². The molecule has 4 heteroatoms. The summed E-state index contributed by atoms with van der Waals surface area (Å²) in [5.41, 5.74) is 0. The minimum Gasteiger partial charge on any atom is -0.427 e.